The van der Waals surface area contributed by atoms with E-state index in [0.717, 1.165) is 28.1 Å². The van der Waals surface area contributed by atoms with Crippen molar-refractivity contribution >= 4 is 22.4 Å². The Bertz CT molecular complexity index is 1360. The molecule has 8 heteroatoms. The summed E-state index contributed by atoms with van der Waals surface area (Å²) in [5.41, 5.74) is 2.87. The summed E-state index contributed by atoms with van der Waals surface area (Å²) in [5, 5.41) is 8.26. The highest BCUT2D eigenvalue weighted by molar-refractivity contribution is 5.91. The maximum atomic E-state index is 13.2. The van der Waals surface area contributed by atoms with Gasteiger partial charge in [-0.25, -0.2) is 9.07 Å². The number of benzene rings is 2. The maximum absolute atomic E-state index is 13.2. The van der Waals surface area contributed by atoms with Gasteiger partial charge < -0.3 is 14.6 Å². The molecule has 0 aliphatic carbocycles. The number of carbonyl (C=O) groups is 1. The predicted molar refractivity (Wildman–Crippen MR) is 125 cm³/mol. The minimum atomic E-state index is -0.353. The number of rotatable bonds is 7. The number of amides is 1. The van der Waals surface area contributed by atoms with Crippen LogP contribution in [0.25, 0.3) is 10.8 Å². The Hall–Kier alpha value is -3.94. The number of aromatic nitrogens is 3. The minimum absolute atomic E-state index is 0.205. The van der Waals surface area contributed by atoms with Gasteiger partial charge in [0.15, 0.2) is 0 Å². The summed E-state index contributed by atoms with van der Waals surface area (Å²) < 4.78 is 21.8. The smallest absolute Gasteiger partial charge is 0.276 e. The number of nitrogens with one attached hydrogen (secondary N) is 1. The highest BCUT2D eigenvalue weighted by atomic mass is 19.1. The first-order valence-electron chi connectivity index (χ1n) is 10.7. The third-order valence-electron chi connectivity index (χ3n) is 5.60. The quantitative estimate of drug-likeness (QED) is 0.463. The summed E-state index contributed by atoms with van der Waals surface area (Å²) in [6, 6.07) is 13.3. The van der Waals surface area contributed by atoms with Gasteiger partial charge in [-0.1, -0.05) is 12.1 Å². The van der Waals surface area contributed by atoms with Gasteiger partial charge in [-0.2, -0.15) is 5.10 Å². The van der Waals surface area contributed by atoms with Crippen molar-refractivity contribution in [2.24, 2.45) is 0 Å². The standard InChI is InChI=1S/C25H25FN4O3/c1-4-33-21-11-9-20(10-12-21)28-23(31)15-30-25(32)24-17(3)29(16(2)22(24)13-27-30)14-18-5-7-19(26)8-6-18/h5-13H,4,14-15H2,1-3H3,(H,28,31). The monoisotopic (exact) mass is 448 g/mol. The molecule has 0 unspecified atom stereocenters. The largest absolute Gasteiger partial charge is 0.494 e. The summed E-state index contributed by atoms with van der Waals surface area (Å²) >= 11 is 0. The van der Waals surface area contributed by atoms with Crippen LogP contribution in [-0.2, 0) is 17.9 Å². The lowest BCUT2D eigenvalue weighted by Gasteiger charge is -2.09. The summed E-state index contributed by atoms with van der Waals surface area (Å²) in [6.45, 7) is 6.55. The van der Waals surface area contributed by atoms with E-state index in [4.69, 9.17) is 4.74 Å². The highest BCUT2D eigenvalue weighted by Gasteiger charge is 2.17. The van der Waals surface area contributed by atoms with E-state index in [0.29, 0.717) is 24.2 Å². The normalized spacial score (nSPS) is 11.0. The zero-order valence-corrected chi connectivity index (χ0v) is 18.8. The molecule has 33 heavy (non-hydrogen) atoms. The molecule has 0 saturated carbocycles. The van der Waals surface area contributed by atoms with Crippen molar-refractivity contribution in [2.45, 2.75) is 33.9 Å². The van der Waals surface area contributed by atoms with Crippen molar-refractivity contribution in [3.05, 3.63) is 87.9 Å². The number of halogens is 1. The Morgan fingerprint density at radius 3 is 2.42 bits per heavy atom. The van der Waals surface area contributed by atoms with Gasteiger partial charge in [0.1, 0.15) is 18.1 Å². The number of anilines is 1. The van der Waals surface area contributed by atoms with Crippen LogP contribution in [-0.4, -0.2) is 26.9 Å². The molecule has 0 spiro atoms. The summed E-state index contributed by atoms with van der Waals surface area (Å²) in [4.78, 5) is 25.7. The fraction of sp³-hybridized carbons (Fsp3) is 0.240. The van der Waals surface area contributed by atoms with Gasteiger partial charge in [-0.15, -0.1) is 0 Å². The number of carbonyl (C=O) groups excluding carboxylic acids is 1. The van der Waals surface area contributed by atoms with E-state index in [9.17, 15) is 14.0 Å². The van der Waals surface area contributed by atoms with Crippen LogP contribution in [0.3, 0.4) is 0 Å². The fourth-order valence-corrected chi connectivity index (χ4v) is 3.90. The first-order chi connectivity index (χ1) is 15.9. The Morgan fingerprint density at radius 2 is 1.76 bits per heavy atom. The molecule has 0 bridgehead atoms. The van der Waals surface area contributed by atoms with E-state index < -0.39 is 0 Å². The molecule has 2 aromatic carbocycles. The second-order valence-electron chi connectivity index (χ2n) is 7.79. The lowest BCUT2D eigenvalue weighted by Crippen LogP contribution is -2.29. The highest BCUT2D eigenvalue weighted by Crippen LogP contribution is 2.23. The van der Waals surface area contributed by atoms with Crippen LogP contribution in [0.15, 0.2) is 59.5 Å². The molecule has 2 aromatic heterocycles. The molecule has 2 heterocycles. The Labute approximate surface area is 190 Å². The second-order valence-corrected chi connectivity index (χ2v) is 7.79. The van der Waals surface area contributed by atoms with Crippen LogP contribution >= 0.6 is 0 Å². The zero-order chi connectivity index (χ0) is 23.5. The lowest BCUT2D eigenvalue weighted by atomic mass is 10.2. The van der Waals surface area contributed by atoms with Crippen molar-refractivity contribution < 1.29 is 13.9 Å². The molecular formula is C25H25FN4O3. The number of nitrogens with zero attached hydrogens (tertiary/aromatic N) is 3. The van der Waals surface area contributed by atoms with Gasteiger partial charge in [0.25, 0.3) is 5.56 Å². The molecule has 7 nitrogen and oxygen atoms in total. The minimum Gasteiger partial charge on any atom is -0.494 e. The Balaban J connectivity index is 1.57. The summed E-state index contributed by atoms with van der Waals surface area (Å²) in [6.07, 6.45) is 1.62. The number of aryl methyl sites for hydroxylation is 2. The van der Waals surface area contributed by atoms with E-state index in [2.05, 4.69) is 10.4 Å². The molecule has 0 atom stereocenters. The molecule has 0 aliphatic heterocycles. The fourth-order valence-electron chi connectivity index (χ4n) is 3.90. The first-order valence-corrected chi connectivity index (χ1v) is 10.7. The van der Waals surface area contributed by atoms with Gasteiger partial charge >= 0.3 is 0 Å². The van der Waals surface area contributed by atoms with Gasteiger partial charge in [-0.3, -0.25) is 9.59 Å². The molecule has 0 radical (unpaired) electrons. The molecule has 4 aromatic rings. The third-order valence-corrected chi connectivity index (χ3v) is 5.60. The van der Waals surface area contributed by atoms with Crippen LogP contribution < -0.4 is 15.6 Å². The molecular weight excluding hydrogens is 423 g/mol. The first kappa shape index (κ1) is 22.3. The molecule has 0 fully saturated rings. The van der Waals surface area contributed by atoms with Crippen molar-refractivity contribution in [3.8, 4) is 5.75 Å². The van der Waals surface area contributed by atoms with Crippen LogP contribution in [0.5, 0.6) is 5.75 Å². The van der Waals surface area contributed by atoms with Crippen LogP contribution in [0.4, 0.5) is 10.1 Å². The average Bonchev–Trinajstić information content (AvgIpc) is 3.03. The van der Waals surface area contributed by atoms with Crippen LogP contribution in [0.1, 0.15) is 23.9 Å². The Morgan fingerprint density at radius 1 is 1.06 bits per heavy atom. The molecule has 4 rings (SSSR count). The van der Waals surface area contributed by atoms with E-state index in [-0.39, 0.29) is 23.8 Å². The third kappa shape index (κ3) is 4.64. The molecule has 1 N–H and O–H groups in total. The molecule has 0 aliphatic rings. The van der Waals surface area contributed by atoms with E-state index in [1.807, 2.05) is 25.3 Å². The van der Waals surface area contributed by atoms with Crippen LogP contribution in [0, 0.1) is 19.7 Å². The molecule has 0 saturated heterocycles. The molecule has 1 amide bonds. The van der Waals surface area contributed by atoms with Crippen molar-refractivity contribution in [1.82, 2.24) is 14.3 Å². The predicted octanol–water partition coefficient (Wildman–Crippen LogP) is 4.04. The maximum Gasteiger partial charge on any atom is 0.276 e. The van der Waals surface area contributed by atoms with E-state index in [1.54, 1.807) is 42.6 Å². The number of hydrogen-bond donors (Lipinski definition) is 1. The number of hydrogen-bond acceptors (Lipinski definition) is 4. The average molecular weight is 448 g/mol. The summed E-state index contributed by atoms with van der Waals surface area (Å²) in [7, 11) is 0. The summed E-state index contributed by atoms with van der Waals surface area (Å²) in [5.74, 6) is 0.0727. The molecule has 170 valence electrons. The van der Waals surface area contributed by atoms with Gasteiger partial charge in [0.05, 0.1) is 18.2 Å². The Kier molecular flexibility index (Phi) is 6.26. The zero-order valence-electron chi connectivity index (χ0n) is 18.8. The second kappa shape index (κ2) is 9.28. The van der Waals surface area contributed by atoms with Gasteiger partial charge in [0.2, 0.25) is 5.91 Å². The lowest BCUT2D eigenvalue weighted by molar-refractivity contribution is -0.117. The van der Waals surface area contributed by atoms with Crippen LogP contribution in [0.2, 0.25) is 0 Å². The van der Waals surface area contributed by atoms with Gasteiger partial charge in [-0.05, 0) is 62.7 Å². The van der Waals surface area contributed by atoms with Gasteiger partial charge in [0, 0.05) is 29.0 Å². The van der Waals surface area contributed by atoms with E-state index >= 15 is 0 Å². The van der Waals surface area contributed by atoms with Crippen molar-refractivity contribution in [1.29, 1.82) is 0 Å². The van der Waals surface area contributed by atoms with E-state index in [1.165, 1.54) is 16.8 Å². The number of fused-ring (bicyclic) bond motifs is 1. The van der Waals surface area contributed by atoms with Crippen molar-refractivity contribution in [2.75, 3.05) is 11.9 Å². The number of ether oxygens (including phenoxy) is 1. The SMILES string of the molecule is CCOc1ccc(NC(=O)Cn2ncc3c(C)n(Cc4ccc(F)cc4)c(C)c3c2=O)cc1. The van der Waals surface area contributed by atoms with Crippen molar-refractivity contribution in [3.63, 3.8) is 0 Å². The topological polar surface area (TPSA) is 78.2 Å².